The molecule has 0 radical (unpaired) electrons. The van der Waals surface area contributed by atoms with Crippen LogP contribution in [0.5, 0.6) is 5.75 Å². The Bertz CT molecular complexity index is 714. The molecule has 0 aliphatic heterocycles. The molecule has 114 valence electrons. The predicted molar refractivity (Wildman–Crippen MR) is 81.1 cm³/mol. The predicted octanol–water partition coefficient (Wildman–Crippen LogP) is 4.17. The Hall–Kier alpha value is -2.69. The zero-order valence-electron chi connectivity index (χ0n) is 12.0. The van der Waals surface area contributed by atoms with Gasteiger partial charge in [-0.3, -0.25) is 4.79 Å². The minimum absolute atomic E-state index is 0.00994. The first-order valence-electron chi connectivity index (χ1n) is 6.56. The third kappa shape index (κ3) is 3.91. The molecule has 3 nitrogen and oxygen atoms in total. The van der Waals surface area contributed by atoms with Crippen molar-refractivity contribution in [2.45, 2.75) is 6.42 Å². The number of carbonyl (C=O) groups excluding carboxylic acids is 1. The van der Waals surface area contributed by atoms with E-state index in [1.165, 1.54) is 13.2 Å². The molecule has 2 aromatic carbocycles. The van der Waals surface area contributed by atoms with Gasteiger partial charge in [0.2, 0.25) is 0 Å². The Morgan fingerprint density at radius 2 is 2.00 bits per heavy atom. The SMILES string of the molecule is C=C(CC(=O)c1cccc(OC)c1)Nc1ccc(F)cc1F. The number of anilines is 1. The number of allylic oxidation sites excluding steroid dienone is 1. The molecule has 0 amide bonds. The lowest BCUT2D eigenvalue weighted by molar-refractivity contribution is 0.0993. The number of methoxy groups -OCH3 is 1. The molecule has 0 aromatic heterocycles. The van der Waals surface area contributed by atoms with Crippen LogP contribution in [0.1, 0.15) is 16.8 Å². The van der Waals surface area contributed by atoms with Gasteiger partial charge in [0.15, 0.2) is 5.78 Å². The number of hydrogen-bond acceptors (Lipinski definition) is 3. The van der Waals surface area contributed by atoms with E-state index < -0.39 is 11.6 Å². The van der Waals surface area contributed by atoms with E-state index in [4.69, 9.17) is 4.74 Å². The molecule has 0 bridgehead atoms. The molecular formula is C17H15F2NO2. The number of hydrogen-bond donors (Lipinski definition) is 1. The molecule has 0 aliphatic carbocycles. The van der Waals surface area contributed by atoms with Gasteiger partial charge in [-0.15, -0.1) is 0 Å². The first kappa shape index (κ1) is 15.7. The van der Waals surface area contributed by atoms with Crippen LogP contribution in [0.25, 0.3) is 0 Å². The van der Waals surface area contributed by atoms with Crippen molar-refractivity contribution in [1.29, 1.82) is 0 Å². The highest BCUT2D eigenvalue weighted by molar-refractivity contribution is 5.98. The minimum atomic E-state index is -0.741. The van der Waals surface area contributed by atoms with E-state index in [0.717, 1.165) is 12.1 Å². The molecule has 0 saturated carbocycles. The molecule has 2 rings (SSSR count). The highest BCUT2D eigenvalue weighted by atomic mass is 19.1. The second-order valence-corrected chi connectivity index (χ2v) is 4.68. The molecule has 1 N–H and O–H groups in total. The van der Waals surface area contributed by atoms with Crippen molar-refractivity contribution in [2.24, 2.45) is 0 Å². The molecule has 0 atom stereocenters. The van der Waals surface area contributed by atoms with Crippen molar-refractivity contribution >= 4 is 11.5 Å². The maximum atomic E-state index is 13.5. The molecule has 0 saturated heterocycles. The van der Waals surface area contributed by atoms with E-state index in [0.29, 0.717) is 17.0 Å². The molecule has 0 fully saturated rings. The van der Waals surface area contributed by atoms with Gasteiger partial charge in [0.1, 0.15) is 17.4 Å². The summed E-state index contributed by atoms with van der Waals surface area (Å²) >= 11 is 0. The quantitative estimate of drug-likeness (QED) is 0.814. The molecular weight excluding hydrogens is 288 g/mol. The zero-order chi connectivity index (χ0) is 16.1. The van der Waals surface area contributed by atoms with Gasteiger partial charge in [-0.05, 0) is 24.3 Å². The lowest BCUT2D eigenvalue weighted by atomic mass is 10.1. The zero-order valence-corrected chi connectivity index (χ0v) is 12.0. The average molecular weight is 303 g/mol. The third-order valence-electron chi connectivity index (χ3n) is 3.01. The first-order valence-corrected chi connectivity index (χ1v) is 6.56. The van der Waals surface area contributed by atoms with Crippen LogP contribution in [0.2, 0.25) is 0 Å². The standard InChI is InChI=1S/C17H15F2NO2/c1-11(20-16-7-6-13(18)10-15(16)19)8-17(21)12-4-3-5-14(9-12)22-2/h3-7,9-10,20H,1,8H2,2H3. The average Bonchev–Trinajstić information content (AvgIpc) is 2.50. The Balaban J connectivity index is 2.03. The van der Waals surface area contributed by atoms with Crippen molar-refractivity contribution in [3.05, 3.63) is 71.9 Å². The van der Waals surface area contributed by atoms with Gasteiger partial charge < -0.3 is 10.1 Å². The molecule has 0 spiro atoms. The number of benzene rings is 2. The van der Waals surface area contributed by atoms with Crippen molar-refractivity contribution in [3.63, 3.8) is 0 Å². The van der Waals surface area contributed by atoms with Gasteiger partial charge in [-0.25, -0.2) is 8.78 Å². The van der Waals surface area contributed by atoms with E-state index in [9.17, 15) is 13.6 Å². The Labute approximate surface area is 127 Å². The van der Waals surface area contributed by atoms with Crippen LogP contribution in [0, 0.1) is 11.6 Å². The molecule has 0 heterocycles. The molecule has 2 aromatic rings. The number of halogens is 2. The van der Waals surface area contributed by atoms with Gasteiger partial charge in [0.25, 0.3) is 0 Å². The summed E-state index contributed by atoms with van der Waals surface area (Å²) in [6.07, 6.45) is -0.00994. The summed E-state index contributed by atoms with van der Waals surface area (Å²) in [7, 11) is 1.52. The number of rotatable bonds is 6. The summed E-state index contributed by atoms with van der Waals surface area (Å²) in [4.78, 5) is 12.1. The number of ether oxygens (including phenoxy) is 1. The van der Waals surface area contributed by atoms with Crippen LogP contribution in [0.4, 0.5) is 14.5 Å². The van der Waals surface area contributed by atoms with Gasteiger partial charge in [0.05, 0.1) is 19.2 Å². The fourth-order valence-electron chi connectivity index (χ4n) is 1.92. The highest BCUT2D eigenvalue weighted by Gasteiger charge is 2.11. The molecule has 0 unspecified atom stereocenters. The summed E-state index contributed by atoms with van der Waals surface area (Å²) in [5.41, 5.74) is 0.866. The van der Waals surface area contributed by atoms with Crippen molar-refractivity contribution < 1.29 is 18.3 Å². The second-order valence-electron chi connectivity index (χ2n) is 4.68. The smallest absolute Gasteiger partial charge is 0.168 e. The third-order valence-corrected chi connectivity index (χ3v) is 3.01. The van der Waals surface area contributed by atoms with E-state index in [-0.39, 0.29) is 17.9 Å². The summed E-state index contributed by atoms with van der Waals surface area (Å²) in [6.45, 7) is 3.70. The molecule has 5 heteroatoms. The van der Waals surface area contributed by atoms with Crippen LogP contribution < -0.4 is 10.1 Å². The van der Waals surface area contributed by atoms with E-state index in [1.54, 1.807) is 24.3 Å². The summed E-state index contributed by atoms with van der Waals surface area (Å²) in [5.74, 6) is -1.01. The van der Waals surface area contributed by atoms with E-state index in [2.05, 4.69) is 11.9 Å². The fourth-order valence-corrected chi connectivity index (χ4v) is 1.92. The normalized spacial score (nSPS) is 10.1. The molecule has 0 aliphatic rings. The lowest BCUT2D eigenvalue weighted by Crippen LogP contribution is -2.07. The van der Waals surface area contributed by atoms with Crippen LogP contribution in [0.15, 0.2) is 54.7 Å². The largest absolute Gasteiger partial charge is 0.497 e. The maximum absolute atomic E-state index is 13.5. The van der Waals surface area contributed by atoms with Gasteiger partial charge >= 0.3 is 0 Å². The van der Waals surface area contributed by atoms with Crippen molar-refractivity contribution in [2.75, 3.05) is 12.4 Å². The van der Waals surface area contributed by atoms with Crippen LogP contribution in [-0.4, -0.2) is 12.9 Å². The number of nitrogens with one attached hydrogen (secondary N) is 1. The monoisotopic (exact) mass is 303 g/mol. The lowest BCUT2D eigenvalue weighted by Gasteiger charge is -2.10. The van der Waals surface area contributed by atoms with E-state index in [1.807, 2.05) is 0 Å². The Morgan fingerprint density at radius 3 is 2.68 bits per heavy atom. The minimum Gasteiger partial charge on any atom is -0.497 e. The summed E-state index contributed by atoms with van der Waals surface area (Å²) < 4.78 is 31.4. The van der Waals surface area contributed by atoms with Crippen LogP contribution in [0.3, 0.4) is 0 Å². The summed E-state index contributed by atoms with van der Waals surface area (Å²) in [6, 6.07) is 9.87. The second kappa shape index (κ2) is 6.85. The van der Waals surface area contributed by atoms with E-state index >= 15 is 0 Å². The fraction of sp³-hybridized carbons (Fsp3) is 0.118. The Morgan fingerprint density at radius 1 is 1.23 bits per heavy atom. The van der Waals surface area contributed by atoms with Crippen molar-refractivity contribution in [3.8, 4) is 5.75 Å². The number of carbonyl (C=O) groups is 1. The van der Waals surface area contributed by atoms with Gasteiger partial charge in [-0.2, -0.15) is 0 Å². The summed E-state index contributed by atoms with van der Waals surface area (Å²) in [5, 5.41) is 2.68. The number of ketones is 1. The Kier molecular flexibility index (Phi) is 4.88. The highest BCUT2D eigenvalue weighted by Crippen LogP contribution is 2.19. The van der Waals surface area contributed by atoms with Crippen LogP contribution in [-0.2, 0) is 0 Å². The van der Waals surface area contributed by atoms with Gasteiger partial charge in [-0.1, -0.05) is 18.7 Å². The first-order chi connectivity index (χ1) is 10.5. The van der Waals surface area contributed by atoms with Crippen molar-refractivity contribution in [1.82, 2.24) is 0 Å². The maximum Gasteiger partial charge on any atom is 0.168 e. The number of Topliss-reactive ketones (excluding diaryl/α,β-unsaturated/α-hetero) is 1. The van der Waals surface area contributed by atoms with Crippen LogP contribution >= 0.6 is 0 Å². The topological polar surface area (TPSA) is 38.3 Å². The molecule has 22 heavy (non-hydrogen) atoms. The van der Waals surface area contributed by atoms with Gasteiger partial charge in [0, 0.05) is 17.3 Å².